The lowest BCUT2D eigenvalue weighted by molar-refractivity contribution is -0.121. The Bertz CT molecular complexity index is 917. The van der Waals surface area contributed by atoms with E-state index in [2.05, 4.69) is 22.5 Å². The third-order valence-electron chi connectivity index (χ3n) is 4.78. The average molecular weight is 363 g/mol. The van der Waals surface area contributed by atoms with Gasteiger partial charge in [-0.15, -0.1) is 0 Å². The number of para-hydroxylation sites is 1. The largest absolute Gasteiger partial charge is 0.508 e. The zero-order valence-corrected chi connectivity index (χ0v) is 15.8. The molecule has 2 aromatic carbocycles. The van der Waals surface area contributed by atoms with Crippen LogP contribution in [-0.4, -0.2) is 20.8 Å². The molecular formula is C22H25N3O2. The lowest BCUT2D eigenvalue weighted by atomic mass is 10.1. The van der Waals surface area contributed by atoms with Crippen molar-refractivity contribution in [2.75, 3.05) is 0 Å². The number of amides is 1. The number of nitrogens with one attached hydrogen (secondary N) is 1. The molecule has 0 fully saturated rings. The van der Waals surface area contributed by atoms with Crippen molar-refractivity contribution in [3.8, 4) is 5.75 Å². The highest BCUT2D eigenvalue weighted by molar-refractivity contribution is 5.76. The number of aromatic nitrogens is 2. The first-order valence-corrected chi connectivity index (χ1v) is 9.15. The molecular weight excluding hydrogens is 338 g/mol. The molecule has 140 valence electrons. The molecule has 3 aromatic rings. The van der Waals surface area contributed by atoms with Gasteiger partial charge in [0.15, 0.2) is 0 Å². The summed E-state index contributed by atoms with van der Waals surface area (Å²) >= 11 is 0. The number of carbonyl (C=O) groups excluding carboxylic acids is 1. The summed E-state index contributed by atoms with van der Waals surface area (Å²) in [5, 5.41) is 17.4. The maximum Gasteiger partial charge on any atom is 0.220 e. The molecule has 1 aromatic heterocycles. The van der Waals surface area contributed by atoms with Crippen molar-refractivity contribution in [1.82, 2.24) is 15.1 Å². The second-order valence-electron chi connectivity index (χ2n) is 6.70. The first-order chi connectivity index (χ1) is 13.0. The number of benzene rings is 2. The van der Waals surface area contributed by atoms with Gasteiger partial charge in [-0.2, -0.15) is 5.10 Å². The van der Waals surface area contributed by atoms with Crippen molar-refractivity contribution >= 4 is 5.91 Å². The summed E-state index contributed by atoms with van der Waals surface area (Å²) in [5.74, 6) is 0.201. The highest BCUT2D eigenvalue weighted by Crippen LogP contribution is 2.18. The van der Waals surface area contributed by atoms with E-state index in [1.54, 1.807) is 12.1 Å². The topological polar surface area (TPSA) is 67.2 Å². The molecule has 0 atom stereocenters. The molecule has 0 aliphatic heterocycles. The van der Waals surface area contributed by atoms with E-state index in [4.69, 9.17) is 0 Å². The van der Waals surface area contributed by atoms with Gasteiger partial charge < -0.3 is 10.4 Å². The van der Waals surface area contributed by atoms with Crippen molar-refractivity contribution in [3.63, 3.8) is 0 Å². The fraction of sp³-hybridized carbons (Fsp3) is 0.273. The highest BCUT2D eigenvalue weighted by atomic mass is 16.3. The smallest absolute Gasteiger partial charge is 0.220 e. The van der Waals surface area contributed by atoms with Gasteiger partial charge in [-0.1, -0.05) is 48.5 Å². The summed E-state index contributed by atoms with van der Waals surface area (Å²) in [5.41, 5.74) is 5.04. The van der Waals surface area contributed by atoms with E-state index in [9.17, 15) is 9.90 Å². The van der Waals surface area contributed by atoms with Crippen LogP contribution in [0.2, 0.25) is 0 Å². The molecule has 0 spiro atoms. The van der Waals surface area contributed by atoms with Crippen LogP contribution in [0.15, 0.2) is 54.6 Å². The van der Waals surface area contributed by atoms with Gasteiger partial charge in [-0.05, 0) is 37.5 Å². The van der Waals surface area contributed by atoms with Crippen molar-refractivity contribution in [3.05, 3.63) is 82.7 Å². The molecule has 0 aliphatic rings. The first kappa shape index (κ1) is 18.7. The number of hydrogen-bond acceptors (Lipinski definition) is 3. The molecule has 1 heterocycles. The lowest BCUT2D eigenvalue weighted by Gasteiger charge is -2.08. The lowest BCUT2D eigenvalue weighted by Crippen LogP contribution is -2.23. The Morgan fingerprint density at radius 3 is 2.52 bits per heavy atom. The SMILES string of the molecule is Cc1nn(Cc2ccccc2)c(C)c1CNC(=O)CCc1ccccc1O. The van der Waals surface area contributed by atoms with Crippen molar-refractivity contribution < 1.29 is 9.90 Å². The van der Waals surface area contributed by atoms with Crippen LogP contribution in [0, 0.1) is 13.8 Å². The number of nitrogens with zero attached hydrogens (tertiary/aromatic N) is 2. The summed E-state index contributed by atoms with van der Waals surface area (Å²) < 4.78 is 1.98. The summed E-state index contributed by atoms with van der Waals surface area (Å²) in [6.07, 6.45) is 0.859. The van der Waals surface area contributed by atoms with Crippen LogP contribution in [0.4, 0.5) is 0 Å². The summed E-state index contributed by atoms with van der Waals surface area (Å²) in [6.45, 7) is 5.19. The number of phenols is 1. The third kappa shape index (κ3) is 4.76. The van der Waals surface area contributed by atoms with E-state index in [1.807, 2.05) is 48.9 Å². The van der Waals surface area contributed by atoms with E-state index in [-0.39, 0.29) is 11.7 Å². The van der Waals surface area contributed by atoms with Gasteiger partial charge in [0, 0.05) is 24.2 Å². The molecule has 0 radical (unpaired) electrons. The Morgan fingerprint density at radius 1 is 1.07 bits per heavy atom. The van der Waals surface area contributed by atoms with E-state index in [1.165, 1.54) is 5.56 Å². The minimum absolute atomic E-state index is 0.0344. The normalized spacial score (nSPS) is 10.7. The molecule has 27 heavy (non-hydrogen) atoms. The molecule has 0 aliphatic carbocycles. The second kappa shape index (κ2) is 8.54. The van der Waals surface area contributed by atoms with Gasteiger partial charge >= 0.3 is 0 Å². The fourth-order valence-corrected chi connectivity index (χ4v) is 3.15. The number of aromatic hydroxyl groups is 1. The van der Waals surface area contributed by atoms with Crippen LogP contribution in [0.25, 0.3) is 0 Å². The van der Waals surface area contributed by atoms with Crippen LogP contribution >= 0.6 is 0 Å². The molecule has 5 nitrogen and oxygen atoms in total. The van der Waals surface area contributed by atoms with Gasteiger partial charge in [-0.25, -0.2) is 0 Å². The number of carbonyl (C=O) groups is 1. The van der Waals surface area contributed by atoms with Crippen LogP contribution in [-0.2, 0) is 24.3 Å². The van der Waals surface area contributed by atoms with Gasteiger partial charge in [0.25, 0.3) is 0 Å². The quantitative estimate of drug-likeness (QED) is 0.675. The number of rotatable bonds is 7. The average Bonchev–Trinajstić information content (AvgIpc) is 2.93. The molecule has 0 saturated heterocycles. The van der Waals surface area contributed by atoms with E-state index < -0.39 is 0 Å². The number of hydrogen-bond donors (Lipinski definition) is 2. The zero-order chi connectivity index (χ0) is 19.2. The highest BCUT2D eigenvalue weighted by Gasteiger charge is 2.13. The Balaban J connectivity index is 1.57. The Hall–Kier alpha value is -3.08. The molecule has 5 heteroatoms. The van der Waals surface area contributed by atoms with Crippen LogP contribution in [0.5, 0.6) is 5.75 Å². The fourth-order valence-electron chi connectivity index (χ4n) is 3.15. The minimum atomic E-state index is -0.0344. The predicted octanol–water partition coefficient (Wildman–Crippen LogP) is 3.50. The summed E-state index contributed by atoms with van der Waals surface area (Å²) in [4.78, 5) is 12.2. The molecule has 1 amide bonds. The Kier molecular flexibility index (Phi) is 5.91. The Morgan fingerprint density at radius 2 is 1.78 bits per heavy atom. The van der Waals surface area contributed by atoms with E-state index in [0.717, 1.165) is 29.1 Å². The third-order valence-corrected chi connectivity index (χ3v) is 4.78. The van der Waals surface area contributed by atoms with Crippen LogP contribution in [0.1, 0.15) is 34.5 Å². The van der Waals surface area contributed by atoms with Crippen LogP contribution < -0.4 is 5.32 Å². The van der Waals surface area contributed by atoms with E-state index >= 15 is 0 Å². The maximum absolute atomic E-state index is 12.2. The number of phenolic OH excluding ortho intramolecular Hbond substituents is 1. The summed E-state index contributed by atoms with van der Waals surface area (Å²) in [7, 11) is 0. The molecule has 0 bridgehead atoms. The number of aryl methyl sites for hydroxylation is 2. The van der Waals surface area contributed by atoms with Crippen molar-refractivity contribution in [1.29, 1.82) is 0 Å². The second-order valence-corrected chi connectivity index (χ2v) is 6.70. The maximum atomic E-state index is 12.2. The zero-order valence-electron chi connectivity index (χ0n) is 15.8. The monoisotopic (exact) mass is 363 g/mol. The first-order valence-electron chi connectivity index (χ1n) is 9.15. The molecule has 2 N–H and O–H groups in total. The Labute approximate surface area is 159 Å². The van der Waals surface area contributed by atoms with E-state index in [0.29, 0.717) is 19.4 Å². The van der Waals surface area contributed by atoms with Crippen LogP contribution in [0.3, 0.4) is 0 Å². The standard InChI is InChI=1S/C22H25N3O2/c1-16-20(17(2)25(24-16)15-18-8-4-3-5-9-18)14-23-22(27)13-12-19-10-6-7-11-21(19)26/h3-11,26H,12-15H2,1-2H3,(H,23,27). The molecule has 0 unspecified atom stereocenters. The van der Waals surface area contributed by atoms with Gasteiger partial charge in [0.05, 0.1) is 12.2 Å². The molecule has 0 saturated carbocycles. The van der Waals surface area contributed by atoms with Gasteiger partial charge in [0.1, 0.15) is 5.75 Å². The minimum Gasteiger partial charge on any atom is -0.508 e. The van der Waals surface area contributed by atoms with Crippen molar-refractivity contribution in [2.24, 2.45) is 0 Å². The van der Waals surface area contributed by atoms with Gasteiger partial charge in [0.2, 0.25) is 5.91 Å². The van der Waals surface area contributed by atoms with Crippen molar-refractivity contribution in [2.45, 2.75) is 39.8 Å². The van der Waals surface area contributed by atoms with Gasteiger partial charge in [-0.3, -0.25) is 9.48 Å². The summed E-state index contributed by atoms with van der Waals surface area (Å²) in [6, 6.07) is 17.3. The predicted molar refractivity (Wildman–Crippen MR) is 106 cm³/mol. The molecule has 3 rings (SSSR count).